The van der Waals surface area contributed by atoms with E-state index in [1.165, 1.54) is 19.2 Å². The predicted molar refractivity (Wildman–Crippen MR) is 160 cm³/mol. The second kappa shape index (κ2) is 11.8. The van der Waals surface area contributed by atoms with Gasteiger partial charge in [0, 0.05) is 11.8 Å². The van der Waals surface area contributed by atoms with Crippen molar-refractivity contribution in [2.75, 3.05) is 11.9 Å². The third-order valence-electron chi connectivity index (χ3n) is 8.36. The quantitative estimate of drug-likeness (QED) is 0.382. The van der Waals surface area contributed by atoms with Crippen molar-refractivity contribution in [3.63, 3.8) is 0 Å². The van der Waals surface area contributed by atoms with E-state index in [9.17, 15) is 9.59 Å². The summed E-state index contributed by atoms with van der Waals surface area (Å²) >= 11 is 0. The summed E-state index contributed by atoms with van der Waals surface area (Å²) < 4.78 is 45.1. The van der Waals surface area contributed by atoms with Gasteiger partial charge in [0.15, 0.2) is 11.9 Å². The molecule has 2 aliphatic rings. The number of nitrogens with zero attached hydrogens (tertiary/aromatic N) is 2. The van der Waals surface area contributed by atoms with Crippen LogP contribution >= 0.6 is 0 Å². The van der Waals surface area contributed by atoms with Crippen LogP contribution in [0.25, 0.3) is 0 Å². The van der Waals surface area contributed by atoms with Crippen molar-refractivity contribution in [1.82, 2.24) is 9.55 Å². The predicted octanol–water partition coefficient (Wildman–Crippen LogP) is 6.08. The molecule has 1 N–H and O–H groups in total. The topological polar surface area (TPSA) is 101 Å². The Kier molecular flexibility index (Phi) is 9.13. The molecule has 0 aliphatic carbocycles. The molecule has 1 aromatic carbocycles. The van der Waals surface area contributed by atoms with E-state index in [1.807, 2.05) is 0 Å². The number of ether oxygens (including phenoxy) is 1. The number of amides is 1. The Labute approximate surface area is 244 Å². The molecule has 0 spiro atoms. The number of aromatic nitrogens is 2. The average molecular weight is 606 g/mol. The Bertz CT molecular complexity index is 1270. The van der Waals surface area contributed by atoms with E-state index in [2.05, 4.69) is 65.7 Å². The molecule has 0 bridgehead atoms. The van der Waals surface area contributed by atoms with E-state index in [0.29, 0.717) is 5.56 Å². The summed E-state index contributed by atoms with van der Waals surface area (Å²) in [7, 11) is -5.93. The minimum atomic E-state index is -3.09. The van der Waals surface area contributed by atoms with Gasteiger partial charge in [0.25, 0.3) is 5.91 Å². The van der Waals surface area contributed by atoms with Gasteiger partial charge in [-0.05, 0) is 47.3 Å². The molecule has 0 unspecified atom stereocenters. The van der Waals surface area contributed by atoms with Gasteiger partial charge < -0.3 is 23.0 Å². The van der Waals surface area contributed by atoms with Gasteiger partial charge in [0.1, 0.15) is 18.0 Å². The van der Waals surface area contributed by atoms with Gasteiger partial charge in [0.2, 0.25) is 0 Å². The van der Waals surface area contributed by atoms with Gasteiger partial charge in [-0.15, -0.1) is 0 Å². The molecule has 1 amide bonds. The number of benzene rings is 1. The van der Waals surface area contributed by atoms with Crippen LogP contribution < -0.4 is 11.0 Å². The highest BCUT2D eigenvalue weighted by Gasteiger charge is 2.65. The maximum absolute atomic E-state index is 16.9. The van der Waals surface area contributed by atoms with Crippen LogP contribution in [-0.4, -0.2) is 57.1 Å². The van der Waals surface area contributed by atoms with Crippen molar-refractivity contribution in [2.24, 2.45) is 0 Å². The van der Waals surface area contributed by atoms with E-state index in [1.54, 1.807) is 30.3 Å². The van der Waals surface area contributed by atoms with E-state index in [0.717, 1.165) is 4.57 Å². The number of carbonyl (C=O) groups is 1. The van der Waals surface area contributed by atoms with Gasteiger partial charge in [-0.3, -0.25) is 9.36 Å². The van der Waals surface area contributed by atoms with Crippen molar-refractivity contribution in [3.8, 4) is 0 Å². The maximum atomic E-state index is 16.9. The molecular formula is C29H44FN3O6Si2. The van der Waals surface area contributed by atoms with Crippen LogP contribution in [0.5, 0.6) is 0 Å². The number of carbonyl (C=O) groups excluding carboxylic acids is 1. The van der Waals surface area contributed by atoms with E-state index < -0.39 is 52.8 Å². The number of hydrogen-bond donors (Lipinski definition) is 1. The normalized spacial score (nSPS) is 27.6. The van der Waals surface area contributed by atoms with E-state index >= 15 is 4.39 Å². The number of fused-ring (bicyclic) bond motifs is 1. The fourth-order valence-electron chi connectivity index (χ4n) is 6.09. The Balaban J connectivity index is 1.69. The molecule has 2 aliphatic heterocycles. The van der Waals surface area contributed by atoms with Crippen molar-refractivity contribution < 1.29 is 26.9 Å². The lowest BCUT2D eigenvalue weighted by atomic mass is 9.98. The van der Waals surface area contributed by atoms with Crippen molar-refractivity contribution in [1.29, 1.82) is 0 Å². The molecule has 41 heavy (non-hydrogen) atoms. The second-order valence-electron chi connectivity index (χ2n) is 12.5. The molecule has 2 aromatic rings. The molecule has 3 heterocycles. The third-order valence-corrected chi connectivity index (χ3v) is 18.6. The molecule has 4 rings (SSSR count). The molecule has 12 heteroatoms. The van der Waals surface area contributed by atoms with Crippen LogP contribution in [0.1, 0.15) is 78.9 Å². The number of nitrogens with one attached hydrogen (secondary N) is 1. The molecule has 9 nitrogen and oxygen atoms in total. The Morgan fingerprint density at radius 1 is 1.00 bits per heavy atom. The monoisotopic (exact) mass is 605 g/mol. The van der Waals surface area contributed by atoms with Gasteiger partial charge in [0.05, 0.1) is 6.61 Å². The zero-order chi connectivity index (χ0) is 30.3. The van der Waals surface area contributed by atoms with Gasteiger partial charge in [-0.2, -0.15) is 4.98 Å². The maximum Gasteiger partial charge on any atom is 0.351 e. The molecule has 0 saturated carbocycles. The van der Waals surface area contributed by atoms with E-state index in [-0.39, 0.29) is 34.6 Å². The Morgan fingerprint density at radius 3 is 2.12 bits per heavy atom. The first-order valence-corrected chi connectivity index (χ1v) is 18.4. The first-order chi connectivity index (χ1) is 19.2. The number of anilines is 1. The standard InChI is InChI=1S/C29H44FN3O6Si2/c1-18(2)40(19(3)4)36-17-23-25(38-41(39-40,20(5)6)21(7)8)29(9,30)27(37-23)33-16-15-24(32-28(33)35)31-26(34)22-13-11-10-12-14-22/h10-16,18-21,23,25,27H,17H2,1-9H3,(H,31,32,34,35)/t23-,25-,27-,29-/m1/s1. The van der Waals surface area contributed by atoms with Crippen LogP contribution in [0.15, 0.2) is 47.4 Å². The lowest BCUT2D eigenvalue weighted by Crippen LogP contribution is -2.66. The molecule has 2 fully saturated rings. The molecule has 2 saturated heterocycles. The van der Waals surface area contributed by atoms with Gasteiger partial charge in [-0.1, -0.05) is 73.6 Å². The third kappa shape index (κ3) is 5.74. The SMILES string of the molecule is CC(C)[Si]1(C(C)C)OC[C@H]2O[C@@H](n3ccc(NC(=O)c4ccccc4)nc3=O)[C@](C)(F)[C@@H]2O[Si](C(C)C)(C(C)C)O1. The summed E-state index contributed by atoms with van der Waals surface area (Å²) in [6.45, 7) is 18.2. The first-order valence-electron chi connectivity index (χ1n) is 14.5. The van der Waals surface area contributed by atoms with Crippen LogP contribution in [-0.2, 0) is 17.7 Å². The fourth-order valence-corrected chi connectivity index (χ4v) is 17.4. The highest BCUT2D eigenvalue weighted by Crippen LogP contribution is 2.51. The van der Waals surface area contributed by atoms with Gasteiger partial charge in [-0.25, -0.2) is 9.18 Å². The fraction of sp³-hybridized carbons (Fsp3) is 0.621. The van der Waals surface area contributed by atoms with Crippen molar-refractivity contribution in [2.45, 2.75) is 109 Å². The van der Waals surface area contributed by atoms with Crippen LogP contribution in [0.2, 0.25) is 22.2 Å². The summed E-state index contributed by atoms with van der Waals surface area (Å²) in [5.74, 6) is -0.341. The van der Waals surface area contributed by atoms with Crippen molar-refractivity contribution >= 4 is 28.8 Å². The Morgan fingerprint density at radius 2 is 1.59 bits per heavy atom. The lowest BCUT2D eigenvalue weighted by molar-refractivity contribution is -0.0631. The molecule has 1 aromatic heterocycles. The van der Waals surface area contributed by atoms with Crippen LogP contribution in [0.3, 0.4) is 0 Å². The largest absolute Gasteiger partial charge is 0.414 e. The second-order valence-corrected chi connectivity index (χ2v) is 21.4. The highest BCUT2D eigenvalue weighted by molar-refractivity contribution is 6.84. The lowest BCUT2D eigenvalue weighted by Gasteiger charge is -2.51. The molecule has 0 radical (unpaired) electrons. The minimum Gasteiger partial charge on any atom is -0.414 e. The van der Waals surface area contributed by atoms with Crippen LogP contribution in [0.4, 0.5) is 10.2 Å². The zero-order valence-corrected chi connectivity index (χ0v) is 27.5. The minimum absolute atomic E-state index is 0.0148. The average Bonchev–Trinajstić information content (AvgIpc) is 3.12. The summed E-state index contributed by atoms with van der Waals surface area (Å²) in [6.07, 6.45) is -1.68. The molecule has 4 atom stereocenters. The highest BCUT2D eigenvalue weighted by atomic mass is 28.5. The van der Waals surface area contributed by atoms with Crippen LogP contribution in [0, 0.1) is 0 Å². The van der Waals surface area contributed by atoms with Crippen molar-refractivity contribution in [3.05, 3.63) is 58.6 Å². The number of rotatable bonds is 7. The summed E-state index contributed by atoms with van der Waals surface area (Å²) in [4.78, 5) is 29.7. The Hall–Kier alpha value is -2.23. The molecule has 226 valence electrons. The first kappa shape index (κ1) is 31.7. The van der Waals surface area contributed by atoms with Gasteiger partial charge >= 0.3 is 22.8 Å². The smallest absolute Gasteiger partial charge is 0.351 e. The van der Waals surface area contributed by atoms with E-state index in [4.69, 9.17) is 17.7 Å². The molecular weight excluding hydrogens is 562 g/mol. The summed E-state index contributed by atoms with van der Waals surface area (Å²) in [6, 6.07) is 10.1. The summed E-state index contributed by atoms with van der Waals surface area (Å²) in [5.41, 5.74) is -2.13. The zero-order valence-electron chi connectivity index (χ0n) is 25.5. The number of hydrogen-bond acceptors (Lipinski definition) is 7. The number of halogens is 1. The number of alkyl halides is 1. The summed E-state index contributed by atoms with van der Waals surface area (Å²) in [5, 5.41) is 2.62.